The fourth-order valence-electron chi connectivity index (χ4n) is 5.50. The summed E-state index contributed by atoms with van der Waals surface area (Å²) in [7, 11) is 0. The number of nitrogens with zero attached hydrogens (tertiary/aromatic N) is 1. The van der Waals surface area contributed by atoms with Gasteiger partial charge in [-0.1, -0.05) is 115 Å². The average Bonchev–Trinajstić information content (AvgIpc) is 3.38. The molecule has 0 amide bonds. The van der Waals surface area contributed by atoms with Gasteiger partial charge < -0.3 is 9.88 Å². The minimum Gasteiger partial charge on any atom is -0.353 e. The van der Waals surface area contributed by atoms with Gasteiger partial charge in [0.2, 0.25) is 0 Å². The Balaban J connectivity index is 1.70. The Kier molecular flexibility index (Phi) is 5.49. The Labute approximate surface area is 222 Å². The largest absolute Gasteiger partial charge is 0.353 e. The molecule has 7 rings (SSSR count). The molecular formula is C36H26N2. The summed E-state index contributed by atoms with van der Waals surface area (Å²) in [6, 6.07) is 53.8. The molecule has 0 spiro atoms. The summed E-state index contributed by atoms with van der Waals surface area (Å²) in [5.41, 5.74) is 10.4. The lowest BCUT2D eigenvalue weighted by Crippen LogP contribution is -2.12. The summed E-state index contributed by atoms with van der Waals surface area (Å²) in [6.45, 7) is 0. The zero-order chi connectivity index (χ0) is 25.3. The molecule has 7 aromatic rings. The molecule has 0 aliphatic heterocycles. The van der Waals surface area contributed by atoms with Gasteiger partial charge in [0.05, 0.1) is 11.2 Å². The van der Waals surface area contributed by atoms with Crippen LogP contribution in [0.5, 0.6) is 0 Å². The highest BCUT2D eigenvalue weighted by atomic mass is 15.2. The van der Waals surface area contributed by atoms with Gasteiger partial charge in [0.1, 0.15) is 0 Å². The topological polar surface area (TPSA) is 19.0 Å². The first-order valence-electron chi connectivity index (χ1n) is 13.0. The minimum absolute atomic E-state index is 1.11. The molecule has 0 saturated heterocycles. The molecule has 0 fully saturated rings. The van der Waals surface area contributed by atoms with Crippen LogP contribution in [0.1, 0.15) is 0 Å². The zero-order valence-electron chi connectivity index (χ0n) is 20.9. The normalized spacial score (nSPS) is 11.2. The lowest BCUT2D eigenvalue weighted by atomic mass is 9.90. The van der Waals surface area contributed by atoms with Crippen LogP contribution in [0.4, 0.5) is 17.1 Å². The SMILES string of the molecule is c1ccc(-c2cc3c([nH]c4ccccc43)c(N(c3ccccc3)c3ccccc3)c2-c2ccccc2)cc1. The van der Waals surface area contributed by atoms with Crippen molar-refractivity contribution in [3.05, 3.63) is 152 Å². The molecule has 180 valence electrons. The van der Waals surface area contributed by atoms with Crippen LogP contribution in [-0.2, 0) is 0 Å². The van der Waals surface area contributed by atoms with Crippen molar-refractivity contribution in [2.75, 3.05) is 4.90 Å². The number of rotatable bonds is 5. The van der Waals surface area contributed by atoms with Gasteiger partial charge in [0.15, 0.2) is 0 Å². The number of H-pyrrole nitrogens is 1. The Morgan fingerprint density at radius 2 is 0.947 bits per heavy atom. The van der Waals surface area contributed by atoms with E-state index in [1.165, 1.54) is 33.0 Å². The van der Waals surface area contributed by atoms with Gasteiger partial charge in [0.25, 0.3) is 0 Å². The second kappa shape index (κ2) is 9.42. The van der Waals surface area contributed by atoms with Gasteiger partial charge in [-0.15, -0.1) is 0 Å². The van der Waals surface area contributed by atoms with E-state index in [2.05, 4.69) is 162 Å². The van der Waals surface area contributed by atoms with Crippen LogP contribution in [-0.4, -0.2) is 4.98 Å². The summed E-state index contributed by atoms with van der Waals surface area (Å²) in [6.07, 6.45) is 0. The predicted octanol–water partition coefficient (Wildman–Crippen LogP) is 10.1. The number of benzene rings is 6. The van der Waals surface area contributed by atoms with Gasteiger partial charge >= 0.3 is 0 Å². The summed E-state index contributed by atoms with van der Waals surface area (Å²) in [5, 5.41) is 2.44. The molecule has 0 atom stereocenters. The van der Waals surface area contributed by atoms with E-state index in [0.717, 1.165) is 28.1 Å². The van der Waals surface area contributed by atoms with Crippen LogP contribution in [0, 0.1) is 0 Å². The third kappa shape index (κ3) is 3.75. The lowest BCUT2D eigenvalue weighted by Gasteiger charge is -2.30. The van der Waals surface area contributed by atoms with Crippen LogP contribution < -0.4 is 4.90 Å². The first-order chi connectivity index (χ1) is 18.9. The van der Waals surface area contributed by atoms with E-state index in [1.807, 2.05) is 0 Å². The van der Waals surface area contributed by atoms with E-state index in [4.69, 9.17) is 0 Å². The van der Waals surface area contributed by atoms with Crippen LogP contribution in [0.15, 0.2) is 152 Å². The van der Waals surface area contributed by atoms with Gasteiger partial charge in [-0.05, 0) is 53.1 Å². The molecule has 0 unspecified atom stereocenters. The van der Waals surface area contributed by atoms with Crippen LogP contribution in [0.3, 0.4) is 0 Å². The molecule has 1 aromatic heterocycles. The molecule has 0 aliphatic carbocycles. The quantitative estimate of drug-likeness (QED) is 0.256. The van der Waals surface area contributed by atoms with Crippen molar-refractivity contribution in [3.8, 4) is 22.3 Å². The van der Waals surface area contributed by atoms with E-state index < -0.39 is 0 Å². The molecular weight excluding hydrogens is 460 g/mol. The predicted molar refractivity (Wildman–Crippen MR) is 161 cm³/mol. The maximum atomic E-state index is 3.81. The number of hydrogen-bond acceptors (Lipinski definition) is 1. The van der Waals surface area contributed by atoms with Crippen molar-refractivity contribution < 1.29 is 0 Å². The summed E-state index contributed by atoms with van der Waals surface area (Å²) in [5.74, 6) is 0. The maximum absolute atomic E-state index is 3.81. The Morgan fingerprint density at radius 3 is 1.55 bits per heavy atom. The fraction of sp³-hybridized carbons (Fsp3) is 0. The van der Waals surface area contributed by atoms with Gasteiger partial charge in [0, 0.05) is 33.2 Å². The van der Waals surface area contributed by atoms with Crippen molar-refractivity contribution in [1.29, 1.82) is 0 Å². The highest BCUT2D eigenvalue weighted by Gasteiger charge is 2.25. The van der Waals surface area contributed by atoms with E-state index >= 15 is 0 Å². The first-order valence-corrected chi connectivity index (χ1v) is 13.0. The highest BCUT2D eigenvalue weighted by molar-refractivity contribution is 6.18. The molecule has 0 radical (unpaired) electrons. The number of anilines is 3. The maximum Gasteiger partial charge on any atom is 0.0788 e. The third-order valence-electron chi connectivity index (χ3n) is 7.18. The van der Waals surface area contributed by atoms with Crippen molar-refractivity contribution in [2.24, 2.45) is 0 Å². The number of hydrogen-bond donors (Lipinski definition) is 1. The smallest absolute Gasteiger partial charge is 0.0788 e. The van der Waals surface area contributed by atoms with Crippen LogP contribution >= 0.6 is 0 Å². The van der Waals surface area contributed by atoms with Gasteiger partial charge in [-0.3, -0.25) is 0 Å². The zero-order valence-corrected chi connectivity index (χ0v) is 20.9. The van der Waals surface area contributed by atoms with Crippen LogP contribution in [0.25, 0.3) is 44.1 Å². The van der Waals surface area contributed by atoms with Gasteiger partial charge in [-0.25, -0.2) is 0 Å². The van der Waals surface area contributed by atoms with Gasteiger partial charge in [-0.2, -0.15) is 0 Å². The first kappa shape index (κ1) is 22.1. The molecule has 38 heavy (non-hydrogen) atoms. The number of fused-ring (bicyclic) bond motifs is 3. The average molecular weight is 487 g/mol. The minimum atomic E-state index is 1.11. The van der Waals surface area contributed by atoms with Crippen molar-refractivity contribution >= 4 is 38.9 Å². The van der Waals surface area contributed by atoms with E-state index in [-0.39, 0.29) is 0 Å². The van der Waals surface area contributed by atoms with E-state index in [9.17, 15) is 0 Å². The van der Waals surface area contributed by atoms with E-state index in [0.29, 0.717) is 0 Å². The Hall–Kier alpha value is -5.08. The van der Waals surface area contributed by atoms with Crippen molar-refractivity contribution in [1.82, 2.24) is 4.98 Å². The number of aromatic amines is 1. The number of para-hydroxylation sites is 3. The molecule has 1 heterocycles. The monoisotopic (exact) mass is 486 g/mol. The number of aromatic nitrogens is 1. The Morgan fingerprint density at radius 1 is 0.447 bits per heavy atom. The lowest BCUT2D eigenvalue weighted by molar-refractivity contribution is 1.29. The van der Waals surface area contributed by atoms with Crippen molar-refractivity contribution in [3.63, 3.8) is 0 Å². The summed E-state index contributed by atoms with van der Waals surface area (Å²) >= 11 is 0. The molecule has 0 aliphatic rings. The van der Waals surface area contributed by atoms with E-state index in [1.54, 1.807) is 0 Å². The molecule has 0 bridgehead atoms. The third-order valence-corrected chi connectivity index (χ3v) is 7.18. The molecule has 0 saturated carbocycles. The second-order valence-electron chi connectivity index (χ2n) is 9.48. The fourth-order valence-corrected chi connectivity index (χ4v) is 5.50. The van der Waals surface area contributed by atoms with Crippen molar-refractivity contribution in [2.45, 2.75) is 0 Å². The molecule has 6 aromatic carbocycles. The summed E-state index contributed by atoms with van der Waals surface area (Å²) < 4.78 is 0. The standard InChI is InChI=1S/C36H26N2/c1-5-15-26(16-6-1)31-25-32-30-23-13-14-24-33(30)37-35(32)36(34(31)27-17-7-2-8-18-27)38(28-19-9-3-10-20-28)29-21-11-4-12-22-29/h1-25,37H. The molecule has 1 N–H and O–H groups in total. The molecule has 2 nitrogen and oxygen atoms in total. The summed E-state index contributed by atoms with van der Waals surface area (Å²) in [4.78, 5) is 6.21. The second-order valence-corrected chi connectivity index (χ2v) is 9.48. The van der Waals surface area contributed by atoms with Crippen LogP contribution in [0.2, 0.25) is 0 Å². The highest BCUT2D eigenvalue weighted by Crippen LogP contribution is 2.50. The molecule has 2 heteroatoms. The number of nitrogens with one attached hydrogen (secondary N) is 1. The Bertz CT molecular complexity index is 1800.